The Morgan fingerprint density at radius 3 is 2.82 bits per heavy atom. The maximum atomic E-state index is 10.9. The van der Waals surface area contributed by atoms with E-state index in [4.69, 9.17) is 10.5 Å². The number of rotatable bonds is 3. The average molecular weight is 158 g/mol. The average Bonchev–Trinajstić information content (AvgIpc) is 1.94. The summed E-state index contributed by atoms with van der Waals surface area (Å²) in [5, 5.41) is 0. The minimum atomic E-state index is 0.0148. The Labute approximate surface area is 66.3 Å². The van der Waals surface area contributed by atoms with Crippen molar-refractivity contribution >= 4 is 5.91 Å². The lowest BCUT2D eigenvalue weighted by Gasteiger charge is -2.38. The fraction of sp³-hybridized carbons (Fsp3) is 0.857. The highest BCUT2D eigenvalue weighted by molar-refractivity contribution is 5.78. The van der Waals surface area contributed by atoms with Gasteiger partial charge in [0.2, 0.25) is 5.91 Å². The lowest BCUT2D eigenvalue weighted by atomic mass is 10.1. The molecule has 0 aliphatic carbocycles. The van der Waals surface area contributed by atoms with Gasteiger partial charge >= 0.3 is 0 Å². The molecule has 0 bridgehead atoms. The van der Waals surface area contributed by atoms with Crippen molar-refractivity contribution in [2.75, 3.05) is 26.2 Å². The van der Waals surface area contributed by atoms with Crippen LogP contribution < -0.4 is 5.73 Å². The van der Waals surface area contributed by atoms with Gasteiger partial charge in [0.25, 0.3) is 0 Å². The highest BCUT2D eigenvalue weighted by atomic mass is 16.5. The molecule has 0 spiro atoms. The minimum absolute atomic E-state index is 0.0148. The first-order valence-corrected chi connectivity index (χ1v) is 3.87. The second-order valence-electron chi connectivity index (χ2n) is 2.58. The molecule has 1 aliphatic rings. The van der Waals surface area contributed by atoms with Gasteiger partial charge in [0.05, 0.1) is 12.6 Å². The quantitative estimate of drug-likeness (QED) is 0.584. The molecule has 4 heteroatoms. The van der Waals surface area contributed by atoms with Crippen molar-refractivity contribution in [1.82, 2.24) is 4.90 Å². The zero-order valence-corrected chi connectivity index (χ0v) is 6.75. The second-order valence-corrected chi connectivity index (χ2v) is 2.58. The van der Waals surface area contributed by atoms with Crippen LogP contribution in [0.3, 0.4) is 0 Å². The van der Waals surface area contributed by atoms with Crippen LogP contribution in [0.4, 0.5) is 0 Å². The molecule has 4 nitrogen and oxygen atoms in total. The van der Waals surface area contributed by atoms with E-state index in [0.717, 1.165) is 6.61 Å². The molecule has 0 unspecified atom stereocenters. The van der Waals surface area contributed by atoms with Crippen molar-refractivity contribution in [3.8, 4) is 0 Å². The highest BCUT2D eigenvalue weighted by Gasteiger charge is 2.29. The smallest absolute Gasteiger partial charge is 0.236 e. The number of amides is 1. The van der Waals surface area contributed by atoms with Gasteiger partial charge < -0.3 is 15.4 Å². The summed E-state index contributed by atoms with van der Waals surface area (Å²) in [6, 6.07) is 0. The molecular weight excluding hydrogens is 144 g/mol. The van der Waals surface area contributed by atoms with Crippen LogP contribution in [0, 0.1) is 0 Å². The summed E-state index contributed by atoms with van der Waals surface area (Å²) in [6.45, 7) is 4.20. The molecule has 0 aromatic carbocycles. The summed E-state index contributed by atoms with van der Waals surface area (Å²) in [6.07, 6.45) is 0.246. The van der Waals surface area contributed by atoms with Gasteiger partial charge in [-0.15, -0.1) is 0 Å². The fourth-order valence-electron chi connectivity index (χ4n) is 1.11. The molecule has 0 saturated carbocycles. The van der Waals surface area contributed by atoms with Gasteiger partial charge in [-0.25, -0.2) is 0 Å². The molecule has 1 aliphatic heterocycles. The number of carbonyl (C=O) groups excluding carboxylic acids is 1. The van der Waals surface area contributed by atoms with Gasteiger partial charge in [-0.1, -0.05) is 0 Å². The molecule has 64 valence electrons. The molecule has 2 N–H and O–H groups in total. The monoisotopic (exact) mass is 158 g/mol. The van der Waals surface area contributed by atoms with Crippen LogP contribution in [-0.4, -0.2) is 43.2 Å². The van der Waals surface area contributed by atoms with E-state index >= 15 is 0 Å². The van der Waals surface area contributed by atoms with Gasteiger partial charge in [0, 0.05) is 19.7 Å². The third-order valence-electron chi connectivity index (χ3n) is 1.78. The number of ether oxygens (including phenoxy) is 1. The Balaban J connectivity index is 2.13. The molecule has 0 atom stereocenters. The van der Waals surface area contributed by atoms with Crippen LogP contribution >= 0.6 is 0 Å². The van der Waals surface area contributed by atoms with Gasteiger partial charge in [-0.3, -0.25) is 4.79 Å². The van der Waals surface area contributed by atoms with Crippen LogP contribution in [0.5, 0.6) is 0 Å². The van der Waals surface area contributed by atoms with Crippen LogP contribution in [0.15, 0.2) is 0 Å². The molecule has 0 radical (unpaired) electrons. The summed E-state index contributed by atoms with van der Waals surface area (Å²) in [5.41, 5.74) is 5.17. The normalized spacial score (nSPS) is 18.2. The summed E-state index contributed by atoms with van der Waals surface area (Å²) in [4.78, 5) is 12.6. The van der Waals surface area contributed by atoms with Crippen LogP contribution in [-0.2, 0) is 9.53 Å². The number of likely N-dealkylation sites (tertiary alicyclic amines) is 1. The maximum absolute atomic E-state index is 10.9. The summed E-state index contributed by atoms with van der Waals surface area (Å²) in [7, 11) is 0. The third-order valence-corrected chi connectivity index (χ3v) is 1.78. The largest absolute Gasteiger partial charge is 0.375 e. The van der Waals surface area contributed by atoms with Gasteiger partial charge in [0.15, 0.2) is 0 Å². The van der Waals surface area contributed by atoms with E-state index < -0.39 is 0 Å². The van der Waals surface area contributed by atoms with E-state index in [9.17, 15) is 4.79 Å². The Kier molecular flexibility index (Phi) is 2.84. The summed E-state index contributed by atoms with van der Waals surface area (Å²) >= 11 is 0. The molecule has 1 rings (SSSR count). The number of hydrogen-bond acceptors (Lipinski definition) is 3. The van der Waals surface area contributed by atoms with Gasteiger partial charge in [-0.05, 0) is 6.92 Å². The molecule has 1 fully saturated rings. The van der Waals surface area contributed by atoms with Crippen LogP contribution in [0.25, 0.3) is 0 Å². The number of nitrogens with zero attached hydrogens (tertiary/aromatic N) is 1. The van der Waals surface area contributed by atoms with E-state index in [1.54, 1.807) is 4.90 Å². The number of hydrogen-bond donors (Lipinski definition) is 1. The first kappa shape index (κ1) is 8.49. The Bertz CT molecular complexity index is 143. The molecular formula is C7H14N2O2. The van der Waals surface area contributed by atoms with Gasteiger partial charge in [-0.2, -0.15) is 0 Å². The Morgan fingerprint density at radius 1 is 1.73 bits per heavy atom. The standard InChI is InChI=1S/C7H14N2O2/c1-2-11-6-4-9(5-6)7(10)3-8/h6H,2-5,8H2,1H3. The zero-order chi connectivity index (χ0) is 8.27. The number of carbonyl (C=O) groups is 1. The Morgan fingerprint density at radius 2 is 2.36 bits per heavy atom. The predicted octanol–water partition coefficient (Wildman–Crippen LogP) is -0.808. The molecule has 0 aromatic rings. The highest BCUT2D eigenvalue weighted by Crippen LogP contribution is 2.10. The lowest BCUT2D eigenvalue weighted by molar-refractivity contribution is -0.142. The van der Waals surface area contributed by atoms with Crippen molar-refractivity contribution < 1.29 is 9.53 Å². The summed E-state index contributed by atoms with van der Waals surface area (Å²) in [5.74, 6) is 0.0148. The van der Waals surface area contributed by atoms with E-state index in [0.29, 0.717) is 13.1 Å². The maximum Gasteiger partial charge on any atom is 0.236 e. The van der Waals surface area contributed by atoms with E-state index in [2.05, 4.69) is 0 Å². The molecule has 0 aromatic heterocycles. The van der Waals surface area contributed by atoms with Crippen LogP contribution in [0.1, 0.15) is 6.92 Å². The van der Waals surface area contributed by atoms with Crippen molar-refractivity contribution in [1.29, 1.82) is 0 Å². The Hall–Kier alpha value is -0.610. The van der Waals surface area contributed by atoms with Crippen LogP contribution in [0.2, 0.25) is 0 Å². The zero-order valence-electron chi connectivity index (χ0n) is 6.75. The second kappa shape index (κ2) is 3.69. The van der Waals surface area contributed by atoms with E-state index in [1.165, 1.54) is 0 Å². The van der Waals surface area contributed by atoms with Crippen molar-refractivity contribution in [3.05, 3.63) is 0 Å². The molecule has 1 amide bonds. The third kappa shape index (κ3) is 1.91. The first-order chi connectivity index (χ1) is 5.27. The topological polar surface area (TPSA) is 55.6 Å². The lowest BCUT2D eigenvalue weighted by Crippen LogP contribution is -2.56. The summed E-state index contributed by atoms with van der Waals surface area (Å²) < 4.78 is 5.27. The first-order valence-electron chi connectivity index (χ1n) is 3.87. The van der Waals surface area contributed by atoms with E-state index in [-0.39, 0.29) is 18.6 Å². The minimum Gasteiger partial charge on any atom is -0.375 e. The predicted molar refractivity (Wildman–Crippen MR) is 41.0 cm³/mol. The van der Waals surface area contributed by atoms with Gasteiger partial charge in [0.1, 0.15) is 0 Å². The molecule has 1 saturated heterocycles. The molecule has 1 heterocycles. The van der Waals surface area contributed by atoms with Crippen molar-refractivity contribution in [2.24, 2.45) is 5.73 Å². The van der Waals surface area contributed by atoms with Crippen molar-refractivity contribution in [3.63, 3.8) is 0 Å². The fourth-order valence-corrected chi connectivity index (χ4v) is 1.11. The van der Waals surface area contributed by atoms with Crippen molar-refractivity contribution in [2.45, 2.75) is 13.0 Å². The number of nitrogens with two attached hydrogens (primary N) is 1. The molecule has 11 heavy (non-hydrogen) atoms. The SMILES string of the molecule is CCOC1CN(C(=O)CN)C1. The van der Waals surface area contributed by atoms with E-state index in [1.807, 2.05) is 6.92 Å².